The lowest BCUT2D eigenvalue weighted by atomic mass is 10.1. The largest absolute Gasteiger partial charge is 0.346 e. The molecular weight excluding hydrogens is 424 g/mol. The van der Waals surface area contributed by atoms with E-state index in [2.05, 4.69) is 33.0 Å². The minimum atomic E-state index is -0.333. The monoisotopic (exact) mass is 462 g/mol. The summed E-state index contributed by atoms with van der Waals surface area (Å²) in [4.78, 5) is 33.0. The summed E-state index contributed by atoms with van der Waals surface area (Å²) >= 11 is 0. The van der Waals surface area contributed by atoms with Gasteiger partial charge >= 0.3 is 0 Å². The quantitative estimate of drug-likeness (QED) is 0.466. The highest BCUT2D eigenvalue weighted by atomic mass is 16.2. The topological polar surface area (TPSA) is 67.2 Å². The average molecular weight is 463 g/mol. The van der Waals surface area contributed by atoms with E-state index in [1.807, 2.05) is 71.8 Å². The molecule has 6 nitrogen and oxygen atoms in total. The zero-order valence-corrected chi connectivity index (χ0v) is 21.3. The van der Waals surface area contributed by atoms with Gasteiger partial charge in [0.2, 0.25) is 11.8 Å². The minimum Gasteiger partial charge on any atom is -0.346 e. The van der Waals surface area contributed by atoms with Crippen LogP contribution in [0, 0.1) is 18.8 Å². The summed E-state index contributed by atoms with van der Waals surface area (Å²) in [5, 5.41) is 3.09. The van der Waals surface area contributed by atoms with Crippen molar-refractivity contribution in [2.45, 2.75) is 60.5 Å². The molecule has 3 rings (SSSR count). The van der Waals surface area contributed by atoms with Gasteiger partial charge in [-0.1, -0.05) is 64.1 Å². The molecule has 0 spiro atoms. The van der Waals surface area contributed by atoms with Crippen LogP contribution in [0.15, 0.2) is 48.5 Å². The first-order chi connectivity index (χ1) is 16.2. The SMILES string of the molecule is Cc1ccccc1CC(=O)NC(C)c1nc2ccccc2n1CC(=O)N(CC(C)C)CC(C)C. The second kappa shape index (κ2) is 11.3. The van der Waals surface area contributed by atoms with Crippen molar-refractivity contribution in [3.8, 4) is 0 Å². The summed E-state index contributed by atoms with van der Waals surface area (Å²) in [6, 6.07) is 15.4. The number of rotatable bonds is 10. The van der Waals surface area contributed by atoms with Gasteiger partial charge in [0, 0.05) is 13.1 Å². The van der Waals surface area contributed by atoms with E-state index in [0.29, 0.717) is 24.1 Å². The van der Waals surface area contributed by atoms with Crippen molar-refractivity contribution in [3.63, 3.8) is 0 Å². The van der Waals surface area contributed by atoms with Crippen LogP contribution in [0.5, 0.6) is 0 Å². The van der Waals surface area contributed by atoms with Crippen LogP contribution in [0.2, 0.25) is 0 Å². The summed E-state index contributed by atoms with van der Waals surface area (Å²) in [6.45, 7) is 14.1. The number of imidazole rings is 1. The van der Waals surface area contributed by atoms with Crippen molar-refractivity contribution < 1.29 is 9.59 Å². The Morgan fingerprint density at radius 2 is 1.56 bits per heavy atom. The fourth-order valence-electron chi connectivity index (χ4n) is 4.32. The van der Waals surface area contributed by atoms with Crippen LogP contribution in [0.4, 0.5) is 0 Å². The molecule has 0 fully saturated rings. The van der Waals surface area contributed by atoms with E-state index in [4.69, 9.17) is 4.98 Å². The number of nitrogens with one attached hydrogen (secondary N) is 1. The number of aryl methyl sites for hydroxylation is 1. The molecule has 0 bridgehead atoms. The van der Waals surface area contributed by atoms with Crippen LogP contribution in [-0.2, 0) is 22.6 Å². The second-order valence-corrected chi connectivity index (χ2v) is 10.0. The van der Waals surface area contributed by atoms with E-state index in [-0.39, 0.29) is 24.4 Å². The lowest BCUT2D eigenvalue weighted by Gasteiger charge is -2.27. The molecule has 0 aliphatic heterocycles. The van der Waals surface area contributed by atoms with Crippen LogP contribution >= 0.6 is 0 Å². The van der Waals surface area contributed by atoms with Crippen LogP contribution in [0.1, 0.15) is 57.6 Å². The first-order valence-electron chi connectivity index (χ1n) is 12.2. The van der Waals surface area contributed by atoms with E-state index in [9.17, 15) is 9.59 Å². The molecule has 2 amide bonds. The van der Waals surface area contributed by atoms with Gasteiger partial charge in [0.25, 0.3) is 0 Å². The van der Waals surface area contributed by atoms with Crippen LogP contribution in [0.3, 0.4) is 0 Å². The first-order valence-corrected chi connectivity index (χ1v) is 12.2. The number of hydrogen-bond acceptors (Lipinski definition) is 3. The Labute approximate surface area is 203 Å². The van der Waals surface area contributed by atoms with Crippen LogP contribution in [0.25, 0.3) is 11.0 Å². The minimum absolute atomic E-state index is 0.0621. The normalized spacial score (nSPS) is 12.4. The highest BCUT2D eigenvalue weighted by Crippen LogP contribution is 2.22. The molecule has 1 unspecified atom stereocenters. The molecule has 1 aromatic heterocycles. The summed E-state index contributed by atoms with van der Waals surface area (Å²) in [7, 11) is 0. The summed E-state index contributed by atoms with van der Waals surface area (Å²) in [5.41, 5.74) is 3.83. The third kappa shape index (κ3) is 6.46. The number of carbonyl (C=O) groups excluding carboxylic acids is 2. The molecule has 34 heavy (non-hydrogen) atoms. The molecular formula is C28H38N4O2. The van der Waals surface area contributed by atoms with E-state index in [0.717, 1.165) is 35.2 Å². The smallest absolute Gasteiger partial charge is 0.242 e. The Morgan fingerprint density at radius 1 is 0.941 bits per heavy atom. The number of carbonyl (C=O) groups is 2. The molecule has 0 saturated heterocycles. The molecule has 182 valence electrons. The predicted molar refractivity (Wildman–Crippen MR) is 137 cm³/mol. The van der Waals surface area contributed by atoms with Crippen LogP contribution in [-0.4, -0.2) is 39.4 Å². The number of aromatic nitrogens is 2. The highest BCUT2D eigenvalue weighted by Gasteiger charge is 2.23. The predicted octanol–water partition coefficient (Wildman–Crippen LogP) is 4.91. The standard InChI is InChI=1S/C28H38N4O2/c1-19(2)16-31(17-20(3)4)27(34)18-32-25-14-10-9-13-24(25)30-28(32)22(6)29-26(33)15-23-12-8-7-11-21(23)5/h7-14,19-20,22H,15-18H2,1-6H3,(H,29,33). The number of amides is 2. The number of nitrogens with zero attached hydrogens (tertiary/aromatic N) is 3. The van der Waals surface area contributed by atoms with Gasteiger partial charge in [0.1, 0.15) is 12.4 Å². The maximum absolute atomic E-state index is 13.4. The average Bonchev–Trinajstić information content (AvgIpc) is 3.13. The van der Waals surface area contributed by atoms with Gasteiger partial charge in [-0.05, 0) is 48.9 Å². The number of fused-ring (bicyclic) bond motifs is 1. The Morgan fingerprint density at radius 3 is 2.21 bits per heavy atom. The summed E-state index contributed by atoms with van der Waals surface area (Å²) in [6.07, 6.45) is 0.312. The van der Waals surface area contributed by atoms with Gasteiger partial charge in [-0.3, -0.25) is 9.59 Å². The second-order valence-electron chi connectivity index (χ2n) is 10.0. The van der Waals surface area contributed by atoms with Gasteiger partial charge in [-0.2, -0.15) is 0 Å². The molecule has 1 heterocycles. The van der Waals surface area contributed by atoms with Gasteiger partial charge in [-0.25, -0.2) is 4.98 Å². The Kier molecular flexibility index (Phi) is 8.48. The lowest BCUT2D eigenvalue weighted by molar-refractivity contribution is -0.132. The molecule has 2 aromatic carbocycles. The summed E-state index contributed by atoms with van der Waals surface area (Å²) < 4.78 is 1.96. The fraction of sp³-hybridized carbons (Fsp3) is 0.464. The molecule has 1 atom stereocenters. The lowest BCUT2D eigenvalue weighted by Crippen LogP contribution is -2.39. The maximum Gasteiger partial charge on any atom is 0.242 e. The highest BCUT2D eigenvalue weighted by molar-refractivity contribution is 5.82. The third-order valence-corrected chi connectivity index (χ3v) is 5.88. The molecule has 6 heteroatoms. The fourth-order valence-corrected chi connectivity index (χ4v) is 4.32. The molecule has 3 aromatic rings. The maximum atomic E-state index is 13.4. The van der Waals surface area contributed by atoms with Crippen molar-refractivity contribution in [3.05, 3.63) is 65.5 Å². The number of hydrogen-bond donors (Lipinski definition) is 1. The van der Waals surface area contributed by atoms with Gasteiger partial charge in [0.15, 0.2) is 0 Å². The number of para-hydroxylation sites is 2. The van der Waals surface area contributed by atoms with Crippen molar-refractivity contribution in [1.29, 1.82) is 0 Å². The van der Waals surface area contributed by atoms with Gasteiger partial charge in [-0.15, -0.1) is 0 Å². The van der Waals surface area contributed by atoms with E-state index in [1.165, 1.54) is 0 Å². The molecule has 0 radical (unpaired) electrons. The van der Waals surface area contributed by atoms with Gasteiger partial charge in [0.05, 0.1) is 23.5 Å². The van der Waals surface area contributed by atoms with E-state index in [1.54, 1.807) is 0 Å². The van der Waals surface area contributed by atoms with Crippen molar-refractivity contribution in [1.82, 2.24) is 19.8 Å². The van der Waals surface area contributed by atoms with Crippen LogP contribution < -0.4 is 5.32 Å². The zero-order chi connectivity index (χ0) is 24.8. The van der Waals surface area contributed by atoms with E-state index >= 15 is 0 Å². The van der Waals surface area contributed by atoms with Gasteiger partial charge < -0.3 is 14.8 Å². The first kappa shape index (κ1) is 25.5. The Hall–Kier alpha value is -3.15. The van der Waals surface area contributed by atoms with Crippen molar-refractivity contribution in [2.75, 3.05) is 13.1 Å². The third-order valence-electron chi connectivity index (χ3n) is 5.88. The molecule has 0 saturated carbocycles. The molecule has 0 aliphatic carbocycles. The zero-order valence-electron chi connectivity index (χ0n) is 21.3. The molecule has 0 aliphatic rings. The van der Waals surface area contributed by atoms with Crippen molar-refractivity contribution >= 4 is 22.8 Å². The van der Waals surface area contributed by atoms with E-state index < -0.39 is 0 Å². The summed E-state index contributed by atoms with van der Waals surface area (Å²) in [5.74, 6) is 1.49. The Balaban J connectivity index is 1.84. The Bertz CT molecular complexity index is 1120. The van der Waals surface area contributed by atoms with Crippen molar-refractivity contribution in [2.24, 2.45) is 11.8 Å². The number of benzene rings is 2. The molecule has 1 N–H and O–H groups in total.